The van der Waals surface area contributed by atoms with Crippen molar-refractivity contribution in [3.05, 3.63) is 0 Å². The van der Waals surface area contributed by atoms with Gasteiger partial charge in [-0.2, -0.15) is 11.8 Å². The third kappa shape index (κ3) is 4.22. The van der Waals surface area contributed by atoms with Gasteiger partial charge in [0.1, 0.15) is 0 Å². The van der Waals surface area contributed by atoms with Crippen molar-refractivity contribution in [2.75, 3.05) is 18.6 Å². The summed E-state index contributed by atoms with van der Waals surface area (Å²) in [6.45, 7) is 6.01. The maximum atomic E-state index is 3.71. The van der Waals surface area contributed by atoms with Gasteiger partial charge < -0.3 is 5.32 Å². The molecule has 0 radical (unpaired) electrons. The first kappa shape index (κ1) is 12.4. The highest BCUT2D eigenvalue weighted by molar-refractivity contribution is 7.98. The van der Waals surface area contributed by atoms with Crippen molar-refractivity contribution in [2.24, 2.45) is 11.8 Å². The molecule has 0 heterocycles. The second-order valence-electron chi connectivity index (χ2n) is 4.80. The Bertz CT molecular complexity index is 149. The van der Waals surface area contributed by atoms with Crippen LogP contribution < -0.4 is 5.32 Å². The molecule has 3 unspecified atom stereocenters. The van der Waals surface area contributed by atoms with Crippen LogP contribution in [0.4, 0.5) is 0 Å². The Labute approximate surface area is 93.4 Å². The number of nitrogens with one attached hydrogen (secondary N) is 1. The van der Waals surface area contributed by atoms with Crippen LogP contribution >= 0.6 is 11.8 Å². The molecule has 0 saturated heterocycles. The van der Waals surface area contributed by atoms with E-state index in [1.807, 2.05) is 11.8 Å². The lowest BCUT2D eigenvalue weighted by molar-refractivity contribution is 0.229. The van der Waals surface area contributed by atoms with E-state index in [9.17, 15) is 0 Å². The Balaban J connectivity index is 2.11. The van der Waals surface area contributed by atoms with Gasteiger partial charge in [-0.05, 0) is 56.1 Å². The number of hydrogen-bond donors (Lipinski definition) is 1. The summed E-state index contributed by atoms with van der Waals surface area (Å²) in [6, 6.07) is 0.799. The second kappa shape index (κ2) is 6.73. The van der Waals surface area contributed by atoms with E-state index in [1.165, 1.54) is 38.0 Å². The van der Waals surface area contributed by atoms with Crippen molar-refractivity contribution in [3.63, 3.8) is 0 Å². The van der Waals surface area contributed by atoms with E-state index >= 15 is 0 Å². The molecule has 1 N–H and O–H groups in total. The van der Waals surface area contributed by atoms with Crippen molar-refractivity contribution in [1.29, 1.82) is 0 Å². The van der Waals surface area contributed by atoms with E-state index in [0.29, 0.717) is 0 Å². The molecule has 0 aromatic rings. The maximum Gasteiger partial charge on any atom is 0.00928 e. The summed E-state index contributed by atoms with van der Waals surface area (Å²) in [5, 5.41) is 3.71. The molecular formula is C12H25NS. The molecular weight excluding hydrogens is 190 g/mol. The molecule has 1 aliphatic rings. The summed E-state index contributed by atoms with van der Waals surface area (Å²) >= 11 is 1.95. The van der Waals surface area contributed by atoms with Gasteiger partial charge in [0.05, 0.1) is 0 Å². The van der Waals surface area contributed by atoms with E-state index in [4.69, 9.17) is 0 Å². The van der Waals surface area contributed by atoms with Gasteiger partial charge in [0.25, 0.3) is 0 Å². The van der Waals surface area contributed by atoms with Crippen LogP contribution in [0.25, 0.3) is 0 Å². The van der Waals surface area contributed by atoms with Crippen LogP contribution in [0.3, 0.4) is 0 Å². The highest BCUT2D eigenvalue weighted by Crippen LogP contribution is 2.28. The average molecular weight is 215 g/mol. The fourth-order valence-electron chi connectivity index (χ4n) is 2.47. The van der Waals surface area contributed by atoms with E-state index in [2.05, 4.69) is 25.4 Å². The smallest absolute Gasteiger partial charge is 0.00928 e. The van der Waals surface area contributed by atoms with E-state index in [0.717, 1.165) is 17.9 Å². The minimum absolute atomic E-state index is 0.799. The van der Waals surface area contributed by atoms with Gasteiger partial charge in [-0.15, -0.1) is 0 Å². The summed E-state index contributed by atoms with van der Waals surface area (Å²) < 4.78 is 0. The molecule has 1 saturated carbocycles. The van der Waals surface area contributed by atoms with E-state index in [1.54, 1.807) is 0 Å². The monoisotopic (exact) mass is 215 g/mol. The second-order valence-corrected chi connectivity index (χ2v) is 5.79. The topological polar surface area (TPSA) is 12.0 Å². The lowest BCUT2D eigenvalue weighted by Crippen LogP contribution is -2.39. The molecule has 0 spiro atoms. The molecule has 0 aromatic heterocycles. The van der Waals surface area contributed by atoms with Gasteiger partial charge in [0.15, 0.2) is 0 Å². The SMILES string of the molecule is CSCCCNC1CCC(C)CC1C. The molecule has 1 aliphatic carbocycles. The molecule has 0 aromatic carbocycles. The first-order valence-electron chi connectivity index (χ1n) is 5.96. The van der Waals surface area contributed by atoms with Crippen molar-refractivity contribution in [3.8, 4) is 0 Å². The third-order valence-corrected chi connectivity index (χ3v) is 4.06. The molecule has 0 aliphatic heterocycles. The van der Waals surface area contributed by atoms with Crippen LogP contribution in [0.5, 0.6) is 0 Å². The summed E-state index contributed by atoms with van der Waals surface area (Å²) in [6.07, 6.45) is 7.73. The van der Waals surface area contributed by atoms with Gasteiger partial charge in [-0.1, -0.05) is 13.8 Å². The molecule has 84 valence electrons. The van der Waals surface area contributed by atoms with Gasteiger partial charge >= 0.3 is 0 Å². The van der Waals surface area contributed by atoms with Gasteiger partial charge in [0.2, 0.25) is 0 Å². The van der Waals surface area contributed by atoms with Crippen LogP contribution in [0, 0.1) is 11.8 Å². The van der Waals surface area contributed by atoms with Crippen molar-refractivity contribution >= 4 is 11.8 Å². The highest BCUT2D eigenvalue weighted by atomic mass is 32.2. The molecule has 0 bridgehead atoms. The number of thioether (sulfide) groups is 1. The van der Waals surface area contributed by atoms with E-state index in [-0.39, 0.29) is 0 Å². The molecule has 2 heteroatoms. The lowest BCUT2D eigenvalue weighted by Gasteiger charge is -2.33. The molecule has 0 amide bonds. The van der Waals surface area contributed by atoms with Gasteiger partial charge in [-0.25, -0.2) is 0 Å². The van der Waals surface area contributed by atoms with Crippen LogP contribution in [-0.4, -0.2) is 24.6 Å². The summed E-state index contributed by atoms with van der Waals surface area (Å²) in [7, 11) is 0. The van der Waals surface area contributed by atoms with Gasteiger partial charge in [0, 0.05) is 6.04 Å². The predicted molar refractivity (Wildman–Crippen MR) is 67.0 cm³/mol. The highest BCUT2D eigenvalue weighted by Gasteiger charge is 2.24. The van der Waals surface area contributed by atoms with Crippen molar-refractivity contribution in [1.82, 2.24) is 5.32 Å². The average Bonchev–Trinajstić information content (AvgIpc) is 2.15. The quantitative estimate of drug-likeness (QED) is 0.707. The Morgan fingerprint density at radius 1 is 1.29 bits per heavy atom. The van der Waals surface area contributed by atoms with Crippen LogP contribution in [-0.2, 0) is 0 Å². The zero-order valence-electron chi connectivity index (χ0n) is 9.88. The summed E-state index contributed by atoms with van der Waals surface area (Å²) in [4.78, 5) is 0. The van der Waals surface area contributed by atoms with Gasteiger partial charge in [-0.3, -0.25) is 0 Å². The predicted octanol–water partition coefficient (Wildman–Crippen LogP) is 3.15. The Hall–Kier alpha value is 0.310. The molecule has 3 atom stereocenters. The maximum absolute atomic E-state index is 3.71. The summed E-state index contributed by atoms with van der Waals surface area (Å²) in [5.41, 5.74) is 0. The minimum Gasteiger partial charge on any atom is -0.314 e. The van der Waals surface area contributed by atoms with Crippen molar-refractivity contribution in [2.45, 2.75) is 45.6 Å². The lowest BCUT2D eigenvalue weighted by atomic mass is 9.80. The normalized spacial score (nSPS) is 33.2. The molecule has 1 fully saturated rings. The standard InChI is InChI=1S/C12H25NS/c1-10-5-6-12(11(2)9-10)13-7-4-8-14-3/h10-13H,4-9H2,1-3H3. The van der Waals surface area contributed by atoms with Crippen LogP contribution in [0.2, 0.25) is 0 Å². The zero-order chi connectivity index (χ0) is 10.4. The zero-order valence-corrected chi connectivity index (χ0v) is 10.7. The van der Waals surface area contributed by atoms with Crippen molar-refractivity contribution < 1.29 is 0 Å². The fraction of sp³-hybridized carbons (Fsp3) is 1.00. The molecule has 1 nitrogen and oxygen atoms in total. The Morgan fingerprint density at radius 3 is 2.71 bits per heavy atom. The largest absolute Gasteiger partial charge is 0.314 e. The molecule has 14 heavy (non-hydrogen) atoms. The third-order valence-electron chi connectivity index (χ3n) is 3.36. The Morgan fingerprint density at radius 2 is 2.07 bits per heavy atom. The minimum atomic E-state index is 0.799. The first-order valence-corrected chi connectivity index (χ1v) is 7.35. The van der Waals surface area contributed by atoms with Crippen LogP contribution in [0.1, 0.15) is 39.5 Å². The summed E-state index contributed by atoms with van der Waals surface area (Å²) in [5.74, 6) is 3.13. The van der Waals surface area contributed by atoms with Crippen LogP contribution in [0.15, 0.2) is 0 Å². The number of hydrogen-bond acceptors (Lipinski definition) is 2. The number of rotatable bonds is 5. The Kier molecular flexibility index (Phi) is 5.95. The molecule has 1 rings (SSSR count). The van der Waals surface area contributed by atoms with E-state index < -0.39 is 0 Å². The fourth-order valence-corrected chi connectivity index (χ4v) is 2.91. The first-order chi connectivity index (χ1) is 6.74.